The molecule has 21 heavy (non-hydrogen) atoms. The fourth-order valence-electron chi connectivity index (χ4n) is 4.06. The van der Waals surface area contributed by atoms with Crippen molar-refractivity contribution >= 4 is 33.0 Å². The van der Waals surface area contributed by atoms with E-state index in [1.165, 1.54) is 25.7 Å². The van der Waals surface area contributed by atoms with E-state index in [9.17, 15) is 4.79 Å². The molecule has 2 heterocycles. The van der Waals surface area contributed by atoms with Crippen LogP contribution in [0.3, 0.4) is 0 Å². The molecule has 4 heteroatoms. The molecule has 2 N–H and O–H groups in total. The highest BCUT2D eigenvalue weighted by atomic mass is 32.1. The van der Waals surface area contributed by atoms with Crippen molar-refractivity contribution in [3.8, 4) is 0 Å². The molecule has 2 atom stereocenters. The summed E-state index contributed by atoms with van der Waals surface area (Å²) in [5, 5.41) is 1.02. The maximum atomic E-state index is 13.0. The molecular formula is C17H20N2OS. The summed E-state index contributed by atoms with van der Waals surface area (Å²) in [4.78, 5) is 15.8. The van der Waals surface area contributed by atoms with Gasteiger partial charge in [0.05, 0.1) is 5.69 Å². The van der Waals surface area contributed by atoms with E-state index < -0.39 is 0 Å². The van der Waals surface area contributed by atoms with Crippen LogP contribution in [0.2, 0.25) is 0 Å². The lowest BCUT2D eigenvalue weighted by Crippen LogP contribution is -2.46. The third kappa shape index (κ3) is 2.04. The number of hydrogen-bond acceptors (Lipinski definition) is 3. The van der Waals surface area contributed by atoms with Gasteiger partial charge in [-0.3, -0.25) is 4.79 Å². The van der Waals surface area contributed by atoms with E-state index in [2.05, 4.69) is 4.90 Å². The average Bonchev–Trinajstić information content (AvgIpc) is 3.11. The number of carbonyl (C=O) groups is 1. The van der Waals surface area contributed by atoms with Crippen LogP contribution >= 0.6 is 11.3 Å². The number of thiophene rings is 1. The van der Waals surface area contributed by atoms with Gasteiger partial charge in [0.2, 0.25) is 0 Å². The first-order chi connectivity index (χ1) is 10.3. The molecular weight excluding hydrogens is 280 g/mol. The molecule has 1 aromatic carbocycles. The van der Waals surface area contributed by atoms with Crippen LogP contribution in [0.1, 0.15) is 41.8 Å². The van der Waals surface area contributed by atoms with Crippen molar-refractivity contribution in [2.24, 2.45) is 5.92 Å². The van der Waals surface area contributed by atoms with Crippen LogP contribution in [0.15, 0.2) is 24.3 Å². The topological polar surface area (TPSA) is 46.3 Å². The van der Waals surface area contributed by atoms with E-state index in [0.29, 0.717) is 11.7 Å². The lowest BCUT2D eigenvalue weighted by atomic mass is 9.92. The first-order valence-electron chi connectivity index (χ1n) is 7.83. The quantitative estimate of drug-likeness (QED) is 0.868. The minimum absolute atomic E-state index is 0.158. The summed E-state index contributed by atoms with van der Waals surface area (Å²) in [5.74, 6) is 0.878. The molecule has 2 aromatic rings. The second-order valence-corrected chi connectivity index (χ2v) is 7.29. The Morgan fingerprint density at radius 3 is 2.86 bits per heavy atom. The Morgan fingerprint density at radius 1 is 1.19 bits per heavy atom. The predicted molar refractivity (Wildman–Crippen MR) is 87.6 cm³/mol. The number of fused-ring (bicyclic) bond motifs is 2. The predicted octanol–water partition coefficient (Wildman–Crippen LogP) is 3.89. The Kier molecular flexibility index (Phi) is 3.14. The molecule has 4 rings (SSSR count). The number of nitrogens with two attached hydrogens (primary N) is 1. The molecule has 1 aliphatic carbocycles. The third-order valence-corrected chi connectivity index (χ3v) is 6.26. The van der Waals surface area contributed by atoms with Crippen molar-refractivity contribution in [1.29, 1.82) is 0 Å². The van der Waals surface area contributed by atoms with Gasteiger partial charge in [0.25, 0.3) is 5.91 Å². The second-order valence-electron chi connectivity index (χ2n) is 6.24. The van der Waals surface area contributed by atoms with Gasteiger partial charge in [-0.05, 0) is 37.7 Å². The van der Waals surface area contributed by atoms with Crippen molar-refractivity contribution in [1.82, 2.24) is 4.90 Å². The van der Waals surface area contributed by atoms with Crippen molar-refractivity contribution < 1.29 is 4.79 Å². The summed E-state index contributed by atoms with van der Waals surface area (Å²) in [6.45, 7) is 0.897. The Hall–Kier alpha value is -1.55. The summed E-state index contributed by atoms with van der Waals surface area (Å²) in [5.41, 5.74) is 6.91. The molecule has 2 fully saturated rings. The minimum atomic E-state index is 0.158. The van der Waals surface area contributed by atoms with Crippen LogP contribution in [-0.4, -0.2) is 23.4 Å². The molecule has 0 radical (unpaired) electrons. The standard InChI is InChI=1S/C17H20N2OS/c18-15-12-7-1-2-9-14(12)21-16(15)17(20)19-10-4-6-11-5-3-8-13(11)19/h1-2,7,9,11,13H,3-6,8,10,18H2. The van der Waals surface area contributed by atoms with Crippen molar-refractivity contribution in [2.75, 3.05) is 12.3 Å². The third-order valence-electron chi connectivity index (χ3n) is 5.08. The summed E-state index contributed by atoms with van der Waals surface area (Å²) in [7, 11) is 0. The van der Waals surface area contributed by atoms with Gasteiger partial charge in [0.1, 0.15) is 4.88 Å². The first-order valence-corrected chi connectivity index (χ1v) is 8.65. The zero-order chi connectivity index (χ0) is 14.4. The molecule has 1 saturated carbocycles. The maximum absolute atomic E-state index is 13.0. The van der Waals surface area contributed by atoms with Gasteiger partial charge in [0.15, 0.2) is 0 Å². The number of hydrogen-bond donors (Lipinski definition) is 1. The van der Waals surface area contributed by atoms with E-state index in [1.807, 2.05) is 24.3 Å². The number of likely N-dealkylation sites (tertiary alicyclic amines) is 1. The molecule has 0 spiro atoms. The highest BCUT2D eigenvalue weighted by molar-refractivity contribution is 7.21. The number of nitrogens with zero attached hydrogens (tertiary/aromatic N) is 1. The van der Waals surface area contributed by atoms with Crippen molar-refractivity contribution in [2.45, 2.75) is 38.1 Å². The number of anilines is 1. The number of rotatable bonds is 1. The zero-order valence-electron chi connectivity index (χ0n) is 12.0. The Bertz CT molecular complexity index is 693. The summed E-state index contributed by atoms with van der Waals surface area (Å²) in [6.07, 6.45) is 6.15. The highest BCUT2D eigenvalue weighted by Gasteiger charge is 2.38. The van der Waals surface area contributed by atoms with Crippen LogP contribution in [0.5, 0.6) is 0 Å². The SMILES string of the molecule is Nc1c(C(=O)N2CCCC3CCCC32)sc2ccccc12. The second kappa shape index (κ2) is 5.02. The van der Waals surface area contributed by atoms with E-state index in [1.54, 1.807) is 11.3 Å². The molecule has 2 unspecified atom stereocenters. The molecule has 1 aliphatic heterocycles. The molecule has 110 valence electrons. The first kappa shape index (κ1) is 13.1. The van der Waals surface area contributed by atoms with E-state index in [0.717, 1.165) is 33.8 Å². The van der Waals surface area contributed by atoms with Crippen LogP contribution in [0.4, 0.5) is 5.69 Å². The minimum Gasteiger partial charge on any atom is -0.397 e. The van der Waals surface area contributed by atoms with E-state index in [-0.39, 0.29) is 5.91 Å². The summed E-state index contributed by atoms with van der Waals surface area (Å²) in [6, 6.07) is 8.48. The molecule has 1 saturated heterocycles. The lowest BCUT2D eigenvalue weighted by molar-refractivity contribution is 0.0554. The summed E-state index contributed by atoms with van der Waals surface area (Å²) < 4.78 is 1.11. The van der Waals surface area contributed by atoms with Gasteiger partial charge in [-0.15, -0.1) is 11.3 Å². The largest absolute Gasteiger partial charge is 0.397 e. The summed E-state index contributed by atoms with van der Waals surface area (Å²) >= 11 is 1.54. The average molecular weight is 300 g/mol. The normalized spacial score (nSPS) is 25.2. The number of carbonyl (C=O) groups excluding carboxylic acids is 1. The molecule has 1 amide bonds. The van der Waals surface area contributed by atoms with Crippen molar-refractivity contribution in [3.05, 3.63) is 29.1 Å². The molecule has 3 nitrogen and oxygen atoms in total. The van der Waals surface area contributed by atoms with Crippen LogP contribution < -0.4 is 5.73 Å². The molecule has 0 bridgehead atoms. The highest BCUT2D eigenvalue weighted by Crippen LogP contribution is 2.40. The van der Waals surface area contributed by atoms with E-state index in [4.69, 9.17) is 5.73 Å². The number of amides is 1. The molecule has 1 aromatic heterocycles. The monoisotopic (exact) mass is 300 g/mol. The van der Waals surface area contributed by atoms with Crippen LogP contribution in [-0.2, 0) is 0 Å². The van der Waals surface area contributed by atoms with Gasteiger partial charge in [-0.2, -0.15) is 0 Å². The smallest absolute Gasteiger partial charge is 0.266 e. The Labute approximate surface area is 128 Å². The number of benzene rings is 1. The lowest BCUT2D eigenvalue weighted by Gasteiger charge is -2.37. The maximum Gasteiger partial charge on any atom is 0.266 e. The fraction of sp³-hybridized carbons (Fsp3) is 0.471. The van der Waals surface area contributed by atoms with E-state index >= 15 is 0 Å². The zero-order valence-corrected chi connectivity index (χ0v) is 12.9. The van der Waals surface area contributed by atoms with Crippen LogP contribution in [0.25, 0.3) is 10.1 Å². The van der Waals surface area contributed by atoms with Gasteiger partial charge >= 0.3 is 0 Å². The van der Waals surface area contributed by atoms with Crippen LogP contribution in [0, 0.1) is 5.92 Å². The Balaban J connectivity index is 1.71. The van der Waals surface area contributed by atoms with Gasteiger partial charge < -0.3 is 10.6 Å². The number of nitrogen functional groups attached to an aromatic ring is 1. The van der Waals surface area contributed by atoms with Crippen molar-refractivity contribution in [3.63, 3.8) is 0 Å². The Morgan fingerprint density at radius 2 is 2.00 bits per heavy atom. The number of piperidine rings is 1. The molecule has 2 aliphatic rings. The fourth-order valence-corrected chi connectivity index (χ4v) is 5.14. The van der Waals surface area contributed by atoms with Gasteiger partial charge in [-0.25, -0.2) is 0 Å². The van der Waals surface area contributed by atoms with Gasteiger partial charge in [0, 0.05) is 22.7 Å². The van der Waals surface area contributed by atoms with Gasteiger partial charge in [-0.1, -0.05) is 24.6 Å².